The average Bonchev–Trinajstić information content (AvgIpc) is 3.30. The maximum Gasteiger partial charge on any atom is 0.248 e. The van der Waals surface area contributed by atoms with Crippen molar-refractivity contribution < 1.29 is 4.79 Å². The van der Waals surface area contributed by atoms with Crippen LogP contribution in [0, 0.1) is 0 Å². The largest absolute Gasteiger partial charge is 0.325 e. The molecule has 24 heavy (non-hydrogen) atoms. The molecule has 1 aliphatic rings. The summed E-state index contributed by atoms with van der Waals surface area (Å²) >= 11 is 3.37. The van der Waals surface area contributed by atoms with Gasteiger partial charge in [0.2, 0.25) is 5.91 Å². The van der Waals surface area contributed by atoms with Crippen LogP contribution in [0.5, 0.6) is 0 Å². The fourth-order valence-corrected chi connectivity index (χ4v) is 4.13. The normalized spacial score (nSPS) is 13.3. The Morgan fingerprint density at radius 3 is 3.00 bits per heavy atom. The number of amides is 1. The smallest absolute Gasteiger partial charge is 0.248 e. The molecule has 2 aromatic heterocycles. The van der Waals surface area contributed by atoms with Crippen LogP contribution in [-0.2, 0) is 11.3 Å². The summed E-state index contributed by atoms with van der Waals surface area (Å²) in [6.45, 7) is 0.991. The molecule has 120 valence electrons. The molecular formula is C18H15N3OS2. The van der Waals surface area contributed by atoms with Crippen molar-refractivity contribution in [1.82, 2.24) is 9.55 Å². The molecule has 0 unspecified atom stereocenters. The van der Waals surface area contributed by atoms with Crippen LogP contribution in [0.4, 0.5) is 5.69 Å². The van der Waals surface area contributed by atoms with E-state index < -0.39 is 0 Å². The van der Waals surface area contributed by atoms with E-state index in [0.29, 0.717) is 0 Å². The molecule has 0 atom stereocenters. The lowest BCUT2D eigenvalue weighted by molar-refractivity contribution is -0.111. The van der Waals surface area contributed by atoms with E-state index in [1.54, 1.807) is 29.2 Å². The lowest BCUT2D eigenvalue weighted by atomic mass is 10.1. The Hall–Kier alpha value is -2.31. The van der Waals surface area contributed by atoms with Crippen LogP contribution in [0.3, 0.4) is 0 Å². The molecule has 4 rings (SSSR count). The van der Waals surface area contributed by atoms with Gasteiger partial charge in [0.05, 0.1) is 11.4 Å². The Labute approximate surface area is 148 Å². The van der Waals surface area contributed by atoms with Crippen LogP contribution in [0.1, 0.15) is 4.88 Å². The van der Waals surface area contributed by atoms with Crippen molar-refractivity contribution in [2.24, 2.45) is 0 Å². The number of thiophene rings is 1. The Kier molecular flexibility index (Phi) is 4.23. The van der Waals surface area contributed by atoms with Gasteiger partial charge in [0.15, 0.2) is 5.16 Å². The minimum absolute atomic E-state index is 0.142. The third-order valence-corrected chi connectivity index (χ3v) is 5.51. The van der Waals surface area contributed by atoms with Gasteiger partial charge in [-0.15, -0.1) is 11.3 Å². The molecule has 0 aliphatic carbocycles. The number of hydrogen-bond acceptors (Lipinski definition) is 4. The van der Waals surface area contributed by atoms with E-state index in [1.165, 1.54) is 0 Å². The first-order valence-corrected chi connectivity index (χ1v) is 9.48. The van der Waals surface area contributed by atoms with Crippen molar-refractivity contribution >= 4 is 40.8 Å². The van der Waals surface area contributed by atoms with Gasteiger partial charge in [0, 0.05) is 35.0 Å². The first-order chi connectivity index (χ1) is 11.8. The average molecular weight is 353 g/mol. The van der Waals surface area contributed by atoms with Gasteiger partial charge in [-0.25, -0.2) is 4.98 Å². The first kappa shape index (κ1) is 15.2. The maximum absolute atomic E-state index is 12.2. The number of aryl methyl sites for hydroxylation is 1. The number of nitrogens with one attached hydrogen (secondary N) is 1. The third kappa shape index (κ3) is 3.16. The zero-order valence-electron chi connectivity index (χ0n) is 12.8. The number of aromatic nitrogens is 2. The Balaban J connectivity index is 1.56. The molecule has 0 saturated carbocycles. The number of para-hydroxylation sites is 1. The zero-order valence-corrected chi connectivity index (χ0v) is 14.4. The van der Waals surface area contributed by atoms with E-state index >= 15 is 0 Å². The zero-order chi connectivity index (χ0) is 16.4. The molecule has 4 nitrogen and oxygen atoms in total. The van der Waals surface area contributed by atoms with E-state index in [1.807, 2.05) is 47.9 Å². The fourth-order valence-electron chi connectivity index (χ4n) is 2.57. The summed E-state index contributed by atoms with van der Waals surface area (Å²) in [7, 11) is 0. The molecule has 0 radical (unpaired) electrons. The van der Waals surface area contributed by atoms with Crippen LogP contribution >= 0.6 is 23.1 Å². The van der Waals surface area contributed by atoms with Crippen molar-refractivity contribution in [3.8, 4) is 11.3 Å². The fraction of sp³-hybridized carbons (Fsp3) is 0.111. The van der Waals surface area contributed by atoms with Crippen LogP contribution in [-0.4, -0.2) is 21.2 Å². The minimum atomic E-state index is -0.142. The Bertz CT molecular complexity index is 875. The van der Waals surface area contributed by atoms with E-state index in [4.69, 9.17) is 0 Å². The summed E-state index contributed by atoms with van der Waals surface area (Å²) in [5.41, 5.74) is 2.62. The maximum atomic E-state index is 12.2. The van der Waals surface area contributed by atoms with Crippen LogP contribution in [0.2, 0.25) is 0 Å². The van der Waals surface area contributed by atoms with E-state index in [2.05, 4.69) is 21.1 Å². The van der Waals surface area contributed by atoms with Crippen LogP contribution < -0.4 is 5.32 Å². The lowest BCUT2D eigenvalue weighted by Crippen LogP contribution is -2.08. The number of carbonyl (C=O) groups excluding carboxylic acids is 1. The summed E-state index contributed by atoms with van der Waals surface area (Å²) in [6, 6.07) is 11.7. The number of rotatable bonds is 4. The number of fused-ring (bicyclic) bond motifs is 1. The number of hydrogen-bond donors (Lipinski definition) is 1. The number of thioether (sulfide) groups is 1. The van der Waals surface area contributed by atoms with E-state index in [0.717, 1.165) is 39.3 Å². The molecule has 1 aliphatic heterocycles. The highest BCUT2D eigenvalue weighted by Crippen LogP contribution is 2.32. The second kappa shape index (κ2) is 6.67. The molecule has 0 spiro atoms. The molecule has 1 amide bonds. The summed E-state index contributed by atoms with van der Waals surface area (Å²) < 4.78 is 2.16. The van der Waals surface area contributed by atoms with Gasteiger partial charge in [-0.05, 0) is 23.6 Å². The SMILES string of the molecule is O=C(C=Cc1cccs1)Nc1ccccc1-c1cn2c(n1)SCC2. The molecule has 3 aromatic rings. The molecule has 0 fully saturated rings. The molecule has 0 saturated heterocycles. The lowest BCUT2D eigenvalue weighted by Gasteiger charge is -2.07. The highest BCUT2D eigenvalue weighted by atomic mass is 32.2. The van der Waals surface area contributed by atoms with Crippen LogP contribution in [0.15, 0.2) is 59.2 Å². The molecular weight excluding hydrogens is 338 g/mol. The molecule has 0 bridgehead atoms. The van der Waals surface area contributed by atoms with E-state index in [-0.39, 0.29) is 5.91 Å². The summed E-state index contributed by atoms with van der Waals surface area (Å²) in [5.74, 6) is 0.936. The first-order valence-electron chi connectivity index (χ1n) is 7.61. The van der Waals surface area contributed by atoms with Gasteiger partial charge >= 0.3 is 0 Å². The quantitative estimate of drug-likeness (QED) is 0.709. The number of carbonyl (C=O) groups is 1. The number of anilines is 1. The van der Waals surface area contributed by atoms with Gasteiger partial charge in [-0.2, -0.15) is 0 Å². The predicted octanol–water partition coefficient (Wildman–Crippen LogP) is 4.37. The minimum Gasteiger partial charge on any atom is -0.325 e. The van der Waals surface area contributed by atoms with Gasteiger partial charge in [0.25, 0.3) is 0 Å². The summed E-state index contributed by atoms with van der Waals surface area (Å²) in [6.07, 6.45) is 5.44. The van der Waals surface area contributed by atoms with Gasteiger partial charge in [-0.3, -0.25) is 4.79 Å². The topological polar surface area (TPSA) is 46.9 Å². The molecule has 1 aromatic carbocycles. The Morgan fingerprint density at radius 2 is 2.17 bits per heavy atom. The molecule has 6 heteroatoms. The Morgan fingerprint density at radius 1 is 1.25 bits per heavy atom. The van der Waals surface area contributed by atoms with Gasteiger partial charge in [0.1, 0.15) is 0 Å². The monoisotopic (exact) mass is 353 g/mol. The van der Waals surface area contributed by atoms with Gasteiger partial charge in [-0.1, -0.05) is 36.0 Å². The van der Waals surface area contributed by atoms with Crippen LogP contribution in [0.25, 0.3) is 17.3 Å². The summed E-state index contributed by atoms with van der Waals surface area (Å²) in [5, 5.41) is 5.99. The van der Waals surface area contributed by atoms with E-state index in [9.17, 15) is 4.79 Å². The second-order valence-electron chi connectivity index (χ2n) is 5.33. The second-order valence-corrected chi connectivity index (χ2v) is 7.38. The highest BCUT2D eigenvalue weighted by Gasteiger charge is 2.17. The van der Waals surface area contributed by atoms with Crippen molar-refractivity contribution in [2.75, 3.05) is 11.1 Å². The number of nitrogens with zero attached hydrogens (tertiary/aromatic N) is 2. The van der Waals surface area contributed by atoms with Crippen molar-refractivity contribution in [3.63, 3.8) is 0 Å². The number of benzene rings is 1. The van der Waals surface area contributed by atoms with Gasteiger partial charge < -0.3 is 9.88 Å². The number of imidazole rings is 1. The molecule has 3 heterocycles. The third-order valence-electron chi connectivity index (χ3n) is 3.71. The predicted molar refractivity (Wildman–Crippen MR) is 100 cm³/mol. The van der Waals surface area contributed by atoms with Crippen molar-refractivity contribution in [3.05, 3.63) is 58.9 Å². The highest BCUT2D eigenvalue weighted by molar-refractivity contribution is 7.99. The standard InChI is InChI=1S/C18H15N3OS2/c22-17(8-7-13-4-3-10-23-13)19-15-6-2-1-5-14(15)16-12-21-9-11-24-18(21)20-16/h1-8,10,12H,9,11H2,(H,19,22). The van der Waals surface area contributed by atoms with Crippen molar-refractivity contribution in [1.29, 1.82) is 0 Å². The summed E-state index contributed by atoms with van der Waals surface area (Å²) in [4.78, 5) is 17.9. The van der Waals surface area contributed by atoms with Crippen molar-refractivity contribution in [2.45, 2.75) is 11.7 Å². The molecule has 1 N–H and O–H groups in total.